The van der Waals surface area contributed by atoms with E-state index in [0.29, 0.717) is 24.5 Å². The first kappa shape index (κ1) is 16.4. The van der Waals surface area contributed by atoms with Crippen LogP contribution in [-0.4, -0.2) is 55.2 Å². The van der Waals surface area contributed by atoms with Gasteiger partial charge in [0.25, 0.3) is 11.8 Å². The van der Waals surface area contributed by atoms with Crippen molar-refractivity contribution in [2.24, 2.45) is 0 Å². The molecule has 24 heavy (non-hydrogen) atoms. The Balaban J connectivity index is 1.85. The van der Waals surface area contributed by atoms with Crippen molar-refractivity contribution in [2.75, 3.05) is 32.6 Å². The molecular formula is C16H18N4O3S. The summed E-state index contributed by atoms with van der Waals surface area (Å²) in [5.41, 5.74) is 1.23. The fraction of sp³-hybridized carbons (Fsp3) is 0.312. The second kappa shape index (κ2) is 6.98. The van der Waals surface area contributed by atoms with Gasteiger partial charge in [-0.2, -0.15) is 0 Å². The Morgan fingerprint density at radius 3 is 3.00 bits per heavy atom. The Morgan fingerprint density at radius 1 is 1.46 bits per heavy atom. The molecule has 7 nitrogen and oxygen atoms in total. The van der Waals surface area contributed by atoms with E-state index in [0.717, 1.165) is 10.6 Å². The highest BCUT2D eigenvalue weighted by atomic mass is 32.1. The van der Waals surface area contributed by atoms with Crippen molar-refractivity contribution in [3.8, 4) is 10.6 Å². The molecule has 0 saturated heterocycles. The molecule has 2 N–H and O–H groups in total. The zero-order chi connectivity index (χ0) is 17.1. The van der Waals surface area contributed by atoms with E-state index in [4.69, 9.17) is 4.74 Å². The summed E-state index contributed by atoms with van der Waals surface area (Å²) < 4.78 is 4.91. The molecule has 3 heterocycles. The van der Waals surface area contributed by atoms with E-state index < -0.39 is 6.17 Å². The number of thiophene rings is 1. The molecule has 1 atom stereocenters. The van der Waals surface area contributed by atoms with Crippen LogP contribution in [0.1, 0.15) is 10.4 Å². The number of amides is 2. The van der Waals surface area contributed by atoms with Crippen molar-refractivity contribution in [1.82, 2.24) is 15.2 Å². The summed E-state index contributed by atoms with van der Waals surface area (Å²) in [5, 5.41) is 7.75. The third kappa shape index (κ3) is 3.10. The van der Waals surface area contributed by atoms with Crippen LogP contribution in [0.2, 0.25) is 0 Å². The molecule has 1 unspecified atom stereocenters. The smallest absolute Gasteiger partial charge is 0.263 e. The largest absolute Gasteiger partial charge is 0.383 e. The molecule has 8 heteroatoms. The van der Waals surface area contributed by atoms with Crippen molar-refractivity contribution in [2.45, 2.75) is 6.17 Å². The number of carbonyl (C=O) groups excluding carboxylic acids is 2. The molecule has 0 aliphatic carbocycles. The number of ether oxygens (including phenoxy) is 1. The number of fused-ring (bicyclic) bond motifs is 1. The van der Waals surface area contributed by atoms with Crippen molar-refractivity contribution in [1.29, 1.82) is 0 Å². The van der Waals surface area contributed by atoms with Crippen molar-refractivity contribution >= 4 is 29.0 Å². The monoisotopic (exact) mass is 346 g/mol. The number of hydrogen-bond acceptors (Lipinski definition) is 6. The molecule has 0 radical (unpaired) electrons. The van der Waals surface area contributed by atoms with Gasteiger partial charge in [0.05, 0.1) is 22.7 Å². The average Bonchev–Trinajstić information content (AvgIpc) is 3.12. The van der Waals surface area contributed by atoms with Gasteiger partial charge in [-0.05, 0) is 23.6 Å². The average molecular weight is 346 g/mol. The van der Waals surface area contributed by atoms with E-state index in [1.165, 1.54) is 4.90 Å². The number of methoxy groups -OCH3 is 1. The maximum absolute atomic E-state index is 12.5. The van der Waals surface area contributed by atoms with Gasteiger partial charge in [0.1, 0.15) is 5.82 Å². The molecule has 2 aromatic rings. The number of anilines is 1. The SMILES string of the molecule is COCCNC(=O)C1Nc2nc(-c3cccs3)ccc2C(=O)N1C. The number of hydrogen-bond donors (Lipinski definition) is 2. The van der Waals surface area contributed by atoms with Crippen molar-refractivity contribution in [3.63, 3.8) is 0 Å². The molecule has 126 valence electrons. The van der Waals surface area contributed by atoms with Gasteiger partial charge in [-0.15, -0.1) is 11.3 Å². The number of rotatable bonds is 5. The molecule has 1 aliphatic heterocycles. The summed E-state index contributed by atoms with van der Waals surface area (Å²) in [6.45, 7) is 0.790. The van der Waals surface area contributed by atoms with Crippen LogP contribution in [-0.2, 0) is 9.53 Å². The Kier molecular flexibility index (Phi) is 4.77. The highest BCUT2D eigenvalue weighted by Gasteiger charge is 2.34. The van der Waals surface area contributed by atoms with E-state index in [1.807, 2.05) is 23.6 Å². The molecule has 1 aliphatic rings. The van der Waals surface area contributed by atoms with Crippen molar-refractivity contribution < 1.29 is 14.3 Å². The Labute approximate surface area is 143 Å². The third-order valence-electron chi connectivity index (χ3n) is 3.73. The summed E-state index contributed by atoms with van der Waals surface area (Å²) in [5.74, 6) is -0.103. The van der Waals surface area contributed by atoms with Crippen LogP contribution in [0.15, 0.2) is 29.6 Å². The number of carbonyl (C=O) groups is 2. The summed E-state index contributed by atoms with van der Waals surface area (Å²) >= 11 is 1.57. The Bertz CT molecular complexity index is 748. The number of pyridine rings is 1. The summed E-state index contributed by atoms with van der Waals surface area (Å²) in [7, 11) is 3.15. The lowest BCUT2D eigenvalue weighted by molar-refractivity contribution is -0.124. The van der Waals surface area contributed by atoms with Gasteiger partial charge in [0.2, 0.25) is 0 Å². The third-order valence-corrected chi connectivity index (χ3v) is 4.63. The lowest BCUT2D eigenvalue weighted by Crippen LogP contribution is -2.55. The van der Waals surface area contributed by atoms with Crippen LogP contribution >= 0.6 is 11.3 Å². The zero-order valence-corrected chi connectivity index (χ0v) is 14.2. The number of likely N-dealkylation sites (N-methyl/N-ethyl adjacent to an activating group) is 1. The van der Waals surface area contributed by atoms with E-state index in [2.05, 4.69) is 15.6 Å². The van der Waals surface area contributed by atoms with Gasteiger partial charge in [-0.3, -0.25) is 9.59 Å². The molecule has 0 saturated carbocycles. The molecular weight excluding hydrogens is 328 g/mol. The van der Waals surface area contributed by atoms with E-state index >= 15 is 0 Å². The van der Waals surface area contributed by atoms with Gasteiger partial charge in [-0.25, -0.2) is 4.98 Å². The van der Waals surface area contributed by atoms with Gasteiger partial charge < -0.3 is 20.3 Å². The molecule has 0 bridgehead atoms. The van der Waals surface area contributed by atoms with Gasteiger partial charge >= 0.3 is 0 Å². The highest BCUT2D eigenvalue weighted by Crippen LogP contribution is 2.29. The molecule has 3 rings (SSSR count). The van der Waals surface area contributed by atoms with Gasteiger partial charge in [0, 0.05) is 20.7 Å². The standard InChI is InChI=1S/C16H18N4O3S/c1-20-14(15(21)17-7-8-23-2)19-13-10(16(20)22)5-6-11(18-13)12-4-3-9-24-12/h3-6,9,14H,7-8H2,1-2H3,(H,17,21)(H,18,19). The van der Waals surface area contributed by atoms with Crippen molar-refractivity contribution in [3.05, 3.63) is 35.2 Å². The van der Waals surface area contributed by atoms with Gasteiger partial charge in [-0.1, -0.05) is 6.07 Å². The van der Waals surface area contributed by atoms with E-state index in [9.17, 15) is 9.59 Å². The van der Waals surface area contributed by atoms with Crippen LogP contribution in [0.4, 0.5) is 5.82 Å². The van der Waals surface area contributed by atoms with E-state index in [-0.39, 0.29) is 11.8 Å². The number of aromatic nitrogens is 1. The fourth-order valence-electron chi connectivity index (χ4n) is 2.45. The highest BCUT2D eigenvalue weighted by molar-refractivity contribution is 7.13. The van der Waals surface area contributed by atoms with Crippen LogP contribution in [0.3, 0.4) is 0 Å². The fourth-order valence-corrected chi connectivity index (χ4v) is 3.15. The lowest BCUT2D eigenvalue weighted by Gasteiger charge is -2.33. The van der Waals surface area contributed by atoms with Crippen LogP contribution < -0.4 is 10.6 Å². The normalized spacial score (nSPS) is 16.5. The molecule has 0 aromatic carbocycles. The minimum Gasteiger partial charge on any atom is -0.383 e. The first-order chi connectivity index (χ1) is 11.6. The van der Waals surface area contributed by atoms with Crippen LogP contribution in [0.5, 0.6) is 0 Å². The first-order valence-corrected chi connectivity index (χ1v) is 8.35. The maximum atomic E-state index is 12.5. The molecule has 2 amide bonds. The predicted octanol–water partition coefficient (Wildman–Crippen LogP) is 1.40. The van der Waals surface area contributed by atoms with E-state index in [1.54, 1.807) is 31.6 Å². The van der Waals surface area contributed by atoms with Crippen LogP contribution in [0, 0.1) is 0 Å². The number of nitrogens with one attached hydrogen (secondary N) is 2. The predicted molar refractivity (Wildman–Crippen MR) is 91.9 cm³/mol. The zero-order valence-electron chi connectivity index (χ0n) is 13.4. The maximum Gasteiger partial charge on any atom is 0.263 e. The lowest BCUT2D eigenvalue weighted by atomic mass is 10.1. The Morgan fingerprint density at radius 2 is 2.29 bits per heavy atom. The molecule has 0 fully saturated rings. The topological polar surface area (TPSA) is 83.6 Å². The second-order valence-electron chi connectivity index (χ2n) is 5.32. The molecule has 2 aromatic heterocycles. The second-order valence-corrected chi connectivity index (χ2v) is 6.26. The minimum atomic E-state index is -0.798. The summed E-state index contributed by atoms with van der Waals surface area (Å²) in [6, 6.07) is 7.46. The molecule has 0 spiro atoms. The summed E-state index contributed by atoms with van der Waals surface area (Å²) in [4.78, 5) is 31.7. The minimum absolute atomic E-state index is 0.235. The summed E-state index contributed by atoms with van der Waals surface area (Å²) in [6.07, 6.45) is -0.798. The first-order valence-electron chi connectivity index (χ1n) is 7.47. The number of nitrogens with zero attached hydrogens (tertiary/aromatic N) is 2. The Hall–Kier alpha value is -2.45. The van der Waals surface area contributed by atoms with Gasteiger partial charge in [0.15, 0.2) is 6.17 Å². The van der Waals surface area contributed by atoms with Crippen LogP contribution in [0.25, 0.3) is 10.6 Å². The quantitative estimate of drug-likeness (QED) is 0.800.